The number of aliphatic hydroxyl groups is 3. The molecule has 0 saturated carbocycles. The average Bonchev–Trinajstić information content (AvgIpc) is 3.22. The molecule has 0 radical (unpaired) electrons. The van der Waals surface area contributed by atoms with Gasteiger partial charge in [-0.05, 0) is 26.0 Å². The van der Waals surface area contributed by atoms with E-state index in [4.69, 9.17) is 4.74 Å². The molecule has 2 aromatic heterocycles. The minimum absolute atomic E-state index is 0.142. The lowest BCUT2D eigenvalue weighted by Crippen LogP contribution is -2.44. The molecule has 3 aromatic rings. The van der Waals surface area contributed by atoms with Crippen LogP contribution in [-0.4, -0.2) is 59.5 Å². The van der Waals surface area contributed by atoms with Gasteiger partial charge in [0.05, 0.1) is 17.6 Å². The van der Waals surface area contributed by atoms with Crippen molar-refractivity contribution in [1.82, 2.24) is 14.5 Å². The number of ether oxygens (including phenoxy) is 1. The van der Waals surface area contributed by atoms with E-state index < -0.39 is 30.6 Å². The molecule has 4 atom stereocenters. The number of aliphatic hydroxyl groups excluding tert-OH is 2. The number of anilines is 1. The zero-order valence-electron chi connectivity index (χ0n) is 16.4. The van der Waals surface area contributed by atoms with Crippen LogP contribution in [0.25, 0.3) is 11.0 Å². The molecule has 1 fully saturated rings. The van der Waals surface area contributed by atoms with Crippen LogP contribution in [0.3, 0.4) is 0 Å². The van der Waals surface area contributed by atoms with Crippen LogP contribution in [0.2, 0.25) is 0 Å². The van der Waals surface area contributed by atoms with Crippen molar-refractivity contribution in [2.24, 2.45) is 0 Å². The van der Waals surface area contributed by atoms with Gasteiger partial charge in [0, 0.05) is 11.8 Å². The monoisotopic (exact) mass is 410 g/mol. The lowest BCUT2D eigenvalue weighted by Gasteiger charge is -2.27. The fourth-order valence-electron chi connectivity index (χ4n) is 3.61. The Morgan fingerprint density at radius 2 is 1.97 bits per heavy atom. The van der Waals surface area contributed by atoms with Crippen molar-refractivity contribution in [3.8, 4) is 11.8 Å². The smallest absolute Gasteiger partial charge is 0.167 e. The molecule has 30 heavy (non-hydrogen) atoms. The Bertz CT molecular complexity index is 1130. The number of fused-ring (bicyclic) bond motifs is 1. The number of nitrogens with zero attached hydrogens (tertiary/aromatic N) is 3. The Kier molecular flexibility index (Phi) is 5.19. The molecule has 1 saturated heterocycles. The second kappa shape index (κ2) is 7.68. The van der Waals surface area contributed by atoms with Crippen LogP contribution in [0.15, 0.2) is 36.8 Å². The topological polar surface area (TPSA) is 133 Å². The third-order valence-corrected chi connectivity index (χ3v) is 5.30. The van der Waals surface area contributed by atoms with E-state index in [1.165, 1.54) is 17.8 Å². The molecule has 9 nitrogen and oxygen atoms in total. The number of hydrogen-bond acceptors (Lipinski definition) is 8. The lowest BCUT2D eigenvalue weighted by molar-refractivity contribution is -0.0948. The van der Waals surface area contributed by atoms with Crippen molar-refractivity contribution in [2.45, 2.75) is 37.9 Å². The van der Waals surface area contributed by atoms with Crippen LogP contribution in [0.1, 0.15) is 29.8 Å². The lowest BCUT2D eigenvalue weighted by atomic mass is 9.96. The fraction of sp³-hybridized carbons (Fsp3) is 0.333. The Balaban J connectivity index is 1.86. The summed E-state index contributed by atoms with van der Waals surface area (Å²) < 4.78 is 7.24. The van der Waals surface area contributed by atoms with Gasteiger partial charge in [0.2, 0.25) is 0 Å². The summed E-state index contributed by atoms with van der Waals surface area (Å²) in [6.45, 7) is 2.96. The molecule has 0 bridgehead atoms. The van der Waals surface area contributed by atoms with Gasteiger partial charge in [-0.15, -0.1) is 0 Å². The Morgan fingerprint density at radius 1 is 1.23 bits per heavy atom. The van der Waals surface area contributed by atoms with Gasteiger partial charge in [-0.25, -0.2) is 9.97 Å². The van der Waals surface area contributed by atoms with Gasteiger partial charge in [0.1, 0.15) is 29.8 Å². The van der Waals surface area contributed by atoms with E-state index in [0.717, 1.165) is 11.1 Å². The predicted molar refractivity (Wildman–Crippen MR) is 108 cm³/mol. The summed E-state index contributed by atoms with van der Waals surface area (Å²) in [6.07, 6.45) is -0.430. The van der Waals surface area contributed by atoms with Crippen molar-refractivity contribution in [3.63, 3.8) is 0 Å². The molecule has 1 aliphatic rings. The molecule has 0 spiro atoms. The first kappa shape index (κ1) is 20.3. The summed E-state index contributed by atoms with van der Waals surface area (Å²) >= 11 is 0. The summed E-state index contributed by atoms with van der Waals surface area (Å²) in [5.41, 5.74) is 3.10. The molecule has 3 heterocycles. The van der Waals surface area contributed by atoms with Crippen LogP contribution in [0.5, 0.6) is 0 Å². The van der Waals surface area contributed by atoms with E-state index in [1.807, 2.05) is 36.7 Å². The summed E-state index contributed by atoms with van der Waals surface area (Å²) in [5.74, 6) is 6.26. The highest BCUT2D eigenvalue weighted by Gasteiger charge is 2.53. The van der Waals surface area contributed by atoms with Crippen molar-refractivity contribution in [2.75, 3.05) is 12.1 Å². The van der Waals surface area contributed by atoms with Gasteiger partial charge >= 0.3 is 0 Å². The Hall–Kier alpha value is -3.00. The van der Waals surface area contributed by atoms with E-state index in [-0.39, 0.29) is 5.82 Å². The minimum Gasteiger partial charge on any atom is -0.394 e. The molecule has 0 amide bonds. The van der Waals surface area contributed by atoms with Crippen molar-refractivity contribution in [3.05, 3.63) is 53.5 Å². The number of nitrogens with one attached hydrogen (secondary N) is 1. The predicted octanol–water partition coefficient (Wildman–Crippen LogP) is 0.942. The minimum atomic E-state index is -1.70. The molecule has 5 N–H and O–H groups in total. The maximum Gasteiger partial charge on any atom is 0.167 e. The maximum atomic E-state index is 10.9. The number of rotatable bonds is 3. The summed E-state index contributed by atoms with van der Waals surface area (Å²) in [4.78, 5) is 8.29. The normalized spacial score (nSPS) is 25.9. The fourth-order valence-corrected chi connectivity index (χ4v) is 3.61. The van der Waals surface area contributed by atoms with Gasteiger partial charge in [0.15, 0.2) is 12.0 Å². The maximum absolute atomic E-state index is 10.9. The first-order chi connectivity index (χ1) is 14.4. The van der Waals surface area contributed by atoms with E-state index in [1.54, 1.807) is 6.20 Å². The molecule has 1 aliphatic heterocycles. The van der Waals surface area contributed by atoms with Crippen LogP contribution in [-0.2, 0) is 4.74 Å². The van der Waals surface area contributed by atoms with Crippen molar-refractivity contribution in [1.29, 1.82) is 0 Å². The Morgan fingerprint density at radius 3 is 2.60 bits per heavy atom. The van der Waals surface area contributed by atoms with Gasteiger partial charge < -0.3 is 24.6 Å². The molecule has 4 unspecified atom stereocenters. The number of aryl methyl sites for hydroxylation is 1. The van der Waals surface area contributed by atoms with Gasteiger partial charge in [-0.3, -0.25) is 10.7 Å². The summed E-state index contributed by atoms with van der Waals surface area (Å²) in [7, 11) is 0. The zero-order chi connectivity index (χ0) is 21.5. The highest BCUT2D eigenvalue weighted by Crippen LogP contribution is 2.40. The third kappa shape index (κ3) is 3.31. The molecule has 1 aromatic carbocycles. The van der Waals surface area contributed by atoms with Gasteiger partial charge in [-0.2, -0.15) is 0 Å². The second-order valence-electron chi connectivity index (χ2n) is 7.48. The average molecular weight is 410 g/mol. The van der Waals surface area contributed by atoms with Crippen LogP contribution in [0.4, 0.5) is 5.82 Å². The molecule has 0 aliphatic carbocycles. The first-order valence-corrected chi connectivity index (χ1v) is 9.38. The first-order valence-electron chi connectivity index (χ1n) is 9.38. The van der Waals surface area contributed by atoms with Crippen molar-refractivity contribution < 1.29 is 25.3 Å². The highest BCUT2D eigenvalue weighted by atomic mass is 16.6. The zero-order valence-corrected chi connectivity index (χ0v) is 16.4. The number of hydrogen-bond donors (Lipinski definition) is 5. The van der Waals surface area contributed by atoms with Crippen LogP contribution < -0.4 is 5.48 Å². The molecule has 9 heteroatoms. The third-order valence-electron chi connectivity index (χ3n) is 5.30. The molecular formula is C21H22N4O5. The second-order valence-corrected chi connectivity index (χ2v) is 7.48. The van der Waals surface area contributed by atoms with Crippen LogP contribution in [0, 0.1) is 18.8 Å². The molecular weight excluding hydrogens is 388 g/mol. The summed E-state index contributed by atoms with van der Waals surface area (Å²) in [6, 6.07) is 7.71. The molecule has 156 valence electrons. The SMILES string of the molecule is Cc1ccc(C#Cc2cn(C3OC(CO)C(O)C3(C)O)c3ncnc(NO)c23)cc1. The van der Waals surface area contributed by atoms with Crippen molar-refractivity contribution >= 4 is 16.9 Å². The summed E-state index contributed by atoms with van der Waals surface area (Å²) in [5, 5.41) is 40.6. The van der Waals surface area contributed by atoms with Gasteiger partial charge in [0.25, 0.3) is 0 Å². The van der Waals surface area contributed by atoms with E-state index in [9.17, 15) is 20.5 Å². The standard InChI is InChI=1S/C21H22N4O5/c1-12-3-5-13(6-4-12)7-8-14-9-25(19-16(14)18(24-29)22-11-23-19)20-21(2,28)17(27)15(10-26)30-20/h3-6,9,11,15,17,20,26-29H,10H2,1-2H3,(H,22,23,24). The van der Waals surface area contributed by atoms with Gasteiger partial charge in [-0.1, -0.05) is 29.5 Å². The van der Waals surface area contributed by atoms with E-state index in [0.29, 0.717) is 16.6 Å². The molecule has 4 rings (SSSR count). The highest BCUT2D eigenvalue weighted by molar-refractivity contribution is 5.93. The van der Waals surface area contributed by atoms with E-state index >= 15 is 0 Å². The van der Waals surface area contributed by atoms with E-state index in [2.05, 4.69) is 21.8 Å². The van der Waals surface area contributed by atoms with Crippen LogP contribution >= 0.6 is 0 Å². The number of aromatic nitrogens is 3. The number of benzene rings is 1. The quantitative estimate of drug-likeness (QED) is 0.318. The largest absolute Gasteiger partial charge is 0.394 e. The Labute approximate surface area is 172 Å².